The van der Waals surface area contributed by atoms with Gasteiger partial charge < -0.3 is 125 Å². The molecule has 3 rings (SSSR count). The lowest BCUT2D eigenvalue weighted by molar-refractivity contribution is -0.270. The van der Waals surface area contributed by atoms with E-state index in [2.05, 4.69) is 26.6 Å². The summed E-state index contributed by atoms with van der Waals surface area (Å²) in [4.78, 5) is 101. The summed E-state index contributed by atoms with van der Waals surface area (Å²) < 4.78 is 50.7. The fourth-order valence-corrected chi connectivity index (χ4v) is 10.7. The zero-order valence-corrected chi connectivity index (χ0v) is 53.0. The fourth-order valence-electron chi connectivity index (χ4n) is 10.2. The van der Waals surface area contributed by atoms with Crippen LogP contribution in [0.3, 0.4) is 0 Å². The molecular formula is C56H102N7O26P. The number of nitrogens with zero attached hydrogens (tertiary/aromatic N) is 2. The van der Waals surface area contributed by atoms with Gasteiger partial charge in [0.2, 0.25) is 35.4 Å². The monoisotopic (exact) mass is 1320 g/mol. The SMILES string of the molecule is CC(=O)NC1[C@H](OCCCCCC(=O)NCCCN(CCCCN(CCCNC(=O)CCCCCO[C@@H]2OC(CO)[C@H](O)[C@H](O)C2NC(C)=O)C(=O)C(O)COP(C)(=O)O)C(=O)CCCCCO[C@@H]2OC(CO)[C@H](O)[C@H](O)C2NC(C)=O)OC(CO)[C@H](O)[C@@H]1O. The summed E-state index contributed by atoms with van der Waals surface area (Å²) in [6.07, 6.45) is -11.3. The quantitative estimate of drug-likeness (QED) is 0.0201. The molecule has 3 aliphatic rings. The van der Waals surface area contributed by atoms with Crippen molar-refractivity contribution in [1.82, 2.24) is 36.4 Å². The molecule has 0 radical (unpaired) electrons. The highest BCUT2D eigenvalue weighted by Crippen LogP contribution is 2.36. The molecule has 3 fully saturated rings. The summed E-state index contributed by atoms with van der Waals surface area (Å²) in [5, 5.41) is 115. The second kappa shape index (κ2) is 42.9. The van der Waals surface area contributed by atoms with E-state index in [1.807, 2.05) is 0 Å². The lowest BCUT2D eigenvalue weighted by Gasteiger charge is -2.42. The Bertz CT molecular complexity index is 2190. The molecule has 8 unspecified atom stereocenters. The largest absolute Gasteiger partial charge is 0.394 e. The average molecular weight is 1320 g/mol. The van der Waals surface area contributed by atoms with E-state index in [0.717, 1.165) is 6.66 Å². The van der Waals surface area contributed by atoms with E-state index in [4.69, 9.17) is 32.9 Å². The number of amides is 7. The Morgan fingerprint density at radius 3 is 1.16 bits per heavy atom. The maximum Gasteiger partial charge on any atom is 0.325 e. The Kier molecular flexibility index (Phi) is 38.2. The van der Waals surface area contributed by atoms with Gasteiger partial charge in [0.15, 0.2) is 25.0 Å². The zero-order valence-electron chi connectivity index (χ0n) is 52.1. The van der Waals surface area contributed by atoms with Gasteiger partial charge in [-0.15, -0.1) is 0 Å². The molecule has 522 valence electrons. The molecule has 0 aromatic heterocycles. The maximum absolute atomic E-state index is 13.8. The highest BCUT2D eigenvalue weighted by molar-refractivity contribution is 7.51. The van der Waals surface area contributed by atoms with Gasteiger partial charge in [-0.3, -0.25) is 38.1 Å². The summed E-state index contributed by atoms with van der Waals surface area (Å²) in [6.45, 7) is 3.38. The Balaban J connectivity index is 1.54. The molecule has 0 aromatic carbocycles. The van der Waals surface area contributed by atoms with Gasteiger partial charge >= 0.3 is 7.60 Å². The van der Waals surface area contributed by atoms with Crippen molar-refractivity contribution < 1.29 is 127 Å². The summed E-state index contributed by atoms with van der Waals surface area (Å²) >= 11 is 0. The van der Waals surface area contributed by atoms with Crippen molar-refractivity contribution in [2.45, 2.75) is 222 Å². The van der Waals surface area contributed by atoms with Crippen LogP contribution in [0.5, 0.6) is 0 Å². The number of carbonyl (C=O) groups is 7. The normalized spacial score (nSPS) is 27.8. The van der Waals surface area contributed by atoms with Gasteiger partial charge in [-0.1, -0.05) is 19.3 Å². The molecule has 16 N–H and O–H groups in total. The van der Waals surface area contributed by atoms with Gasteiger partial charge in [0.05, 0.1) is 26.4 Å². The van der Waals surface area contributed by atoms with Gasteiger partial charge in [-0.25, -0.2) is 0 Å². The van der Waals surface area contributed by atoms with E-state index in [-0.39, 0.29) is 102 Å². The third-order valence-electron chi connectivity index (χ3n) is 15.1. The molecule has 0 spiro atoms. The predicted octanol–water partition coefficient (Wildman–Crippen LogP) is -4.81. The van der Waals surface area contributed by atoms with E-state index >= 15 is 0 Å². The number of hydrogen-bond donors (Lipinski definition) is 16. The number of aliphatic hydroxyl groups is 10. The van der Waals surface area contributed by atoms with E-state index < -0.39 is 156 Å². The molecule has 0 aromatic rings. The Morgan fingerprint density at radius 2 is 0.811 bits per heavy atom. The molecule has 0 bridgehead atoms. The van der Waals surface area contributed by atoms with Crippen molar-refractivity contribution in [2.75, 3.05) is 92.2 Å². The predicted molar refractivity (Wildman–Crippen MR) is 315 cm³/mol. The topological polar surface area (TPSA) is 490 Å². The van der Waals surface area contributed by atoms with Crippen LogP contribution < -0.4 is 26.6 Å². The van der Waals surface area contributed by atoms with Crippen LogP contribution in [0, 0.1) is 0 Å². The molecule has 0 aliphatic carbocycles. The van der Waals surface area contributed by atoms with Crippen LogP contribution in [0.15, 0.2) is 0 Å². The van der Waals surface area contributed by atoms with Crippen LogP contribution in [0.25, 0.3) is 0 Å². The lowest BCUT2D eigenvalue weighted by Crippen LogP contribution is -2.64. The molecule has 33 nitrogen and oxygen atoms in total. The van der Waals surface area contributed by atoms with E-state index in [9.17, 15) is 94.1 Å². The lowest BCUT2D eigenvalue weighted by atomic mass is 9.97. The molecule has 0 saturated carbocycles. The van der Waals surface area contributed by atoms with Crippen molar-refractivity contribution in [3.63, 3.8) is 0 Å². The highest BCUT2D eigenvalue weighted by atomic mass is 31.2. The van der Waals surface area contributed by atoms with Crippen molar-refractivity contribution in [3.05, 3.63) is 0 Å². The number of carbonyl (C=O) groups excluding carboxylic acids is 7. The average Bonchev–Trinajstić information content (AvgIpc) is 1.02. The number of hydrogen-bond acceptors (Lipinski definition) is 25. The molecule has 3 saturated heterocycles. The Hall–Kier alpha value is -4.20. The third-order valence-corrected chi connectivity index (χ3v) is 15.7. The van der Waals surface area contributed by atoms with Crippen LogP contribution in [0.1, 0.15) is 124 Å². The minimum atomic E-state index is -4.06. The zero-order chi connectivity index (χ0) is 66.9. The number of nitrogens with one attached hydrogen (secondary N) is 5. The first kappa shape index (κ1) is 80.0. The minimum absolute atomic E-state index is 0.0610. The number of rotatable bonds is 44. The molecule has 3 heterocycles. The molecule has 34 heteroatoms. The standard InChI is InChI=1S/C56H102N7O26P/c1-34(67)59-44-50(77)47(74)38(30-64)87-54(44)83-27-13-5-8-18-41(71)57-21-16-25-62(43(73)20-10-7-15-29-85-56-46(61-36(3)69)52(79)49(76)40(32-66)89-56)23-11-12-24-63(53(80)37(70)33-86-90(4,81)82)26-17-22-58-42(72)19-9-6-14-28-84-55-45(60-35(2)68)51(78)48(75)39(31-65)88-55/h37-40,44-52,54-56,64-66,70,74-79H,5-33H2,1-4H3,(H,57,71)(H,58,72)(H,59,67)(H,60,68)(H,61,69)(H,81,82)/t37?,38?,39?,40?,44?,45?,46?,47-,48-,49-,50+,51+,52+,54+,55+,56+/m0/s1. The summed E-state index contributed by atoms with van der Waals surface area (Å²) in [6, 6.07) is -3.28. The van der Waals surface area contributed by atoms with Crippen molar-refractivity contribution in [1.29, 1.82) is 0 Å². The number of unbranched alkanes of at least 4 members (excludes halogenated alkanes) is 7. The summed E-state index contributed by atoms with van der Waals surface area (Å²) in [7, 11) is -4.06. The third kappa shape index (κ3) is 29.4. The Labute approximate surface area is 524 Å². The fraction of sp³-hybridized carbons (Fsp3) is 0.875. The van der Waals surface area contributed by atoms with Crippen molar-refractivity contribution in [2.24, 2.45) is 0 Å². The first-order valence-corrected chi connectivity index (χ1v) is 33.0. The van der Waals surface area contributed by atoms with E-state index in [0.29, 0.717) is 77.0 Å². The summed E-state index contributed by atoms with van der Waals surface area (Å²) in [5.41, 5.74) is 0. The maximum atomic E-state index is 13.8. The second-order valence-electron chi connectivity index (χ2n) is 22.8. The Morgan fingerprint density at radius 1 is 0.478 bits per heavy atom. The molecule has 7 amide bonds. The van der Waals surface area contributed by atoms with Crippen LogP contribution in [0.4, 0.5) is 0 Å². The van der Waals surface area contributed by atoms with Crippen LogP contribution in [0.2, 0.25) is 0 Å². The first-order chi connectivity index (χ1) is 42.7. The van der Waals surface area contributed by atoms with Gasteiger partial charge in [-0.05, 0) is 64.2 Å². The van der Waals surface area contributed by atoms with Gasteiger partial charge in [0.25, 0.3) is 5.91 Å². The van der Waals surface area contributed by atoms with Gasteiger partial charge in [-0.2, -0.15) is 0 Å². The van der Waals surface area contributed by atoms with Crippen molar-refractivity contribution in [3.8, 4) is 0 Å². The molecular weight excluding hydrogens is 1220 g/mol. The number of ether oxygens (including phenoxy) is 6. The van der Waals surface area contributed by atoms with Gasteiger partial charge in [0.1, 0.15) is 73.1 Å². The van der Waals surface area contributed by atoms with Crippen LogP contribution in [-0.2, 0) is 71.1 Å². The van der Waals surface area contributed by atoms with E-state index in [1.165, 1.54) is 25.7 Å². The molecule has 17 atom stereocenters. The first-order valence-electron chi connectivity index (χ1n) is 31.0. The smallest absolute Gasteiger partial charge is 0.325 e. The highest BCUT2D eigenvalue weighted by Gasteiger charge is 2.48. The second-order valence-corrected chi connectivity index (χ2v) is 24.6. The molecule has 3 aliphatic heterocycles. The minimum Gasteiger partial charge on any atom is -0.394 e. The van der Waals surface area contributed by atoms with Crippen LogP contribution in [-0.4, -0.2) is 297 Å². The summed E-state index contributed by atoms with van der Waals surface area (Å²) in [5.74, 6) is -2.97. The van der Waals surface area contributed by atoms with Gasteiger partial charge in [0, 0.05) is 106 Å². The van der Waals surface area contributed by atoms with Crippen LogP contribution >= 0.6 is 7.60 Å². The van der Waals surface area contributed by atoms with E-state index in [1.54, 1.807) is 4.90 Å². The number of aliphatic hydroxyl groups excluding tert-OH is 10. The van der Waals surface area contributed by atoms with Crippen molar-refractivity contribution >= 4 is 48.9 Å². The molecule has 90 heavy (non-hydrogen) atoms.